The minimum Gasteiger partial charge on any atom is -0.508 e. The summed E-state index contributed by atoms with van der Waals surface area (Å²) in [5, 5.41) is 15.0. The molecular formula is C17H20N2O6. The van der Waals surface area contributed by atoms with Crippen molar-refractivity contribution >= 4 is 23.0 Å². The topological polar surface area (TPSA) is 118 Å². The van der Waals surface area contributed by atoms with Crippen molar-refractivity contribution in [3.8, 4) is 5.75 Å². The molecule has 1 heterocycles. The number of benzene rings is 1. The Labute approximate surface area is 143 Å². The zero-order valence-electron chi connectivity index (χ0n) is 14.2. The Bertz CT molecular complexity index is 850. The Morgan fingerprint density at radius 1 is 1.20 bits per heavy atom. The van der Waals surface area contributed by atoms with Crippen LogP contribution in [-0.4, -0.2) is 29.3 Å². The summed E-state index contributed by atoms with van der Waals surface area (Å²) < 4.78 is 10.0. The maximum atomic E-state index is 11.8. The molecule has 0 saturated heterocycles. The van der Waals surface area contributed by atoms with E-state index in [1.54, 1.807) is 26.8 Å². The van der Waals surface area contributed by atoms with Crippen LogP contribution in [-0.2, 0) is 16.1 Å². The van der Waals surface area contributed by atoms with Crippen molar-refractivity contribution in [2.75, 3.05) is 6.54 Å². The third-order valence-electron chi connectivity index (χ3n) is 3.08. The zero-order chi connectivity index (χ0) is 18.6. The second-order valence-electron chi connectivity index (χ2n) is 6.40. The molecule has 8 nitrogen and oxygen atoms in total. The number of alkyl carbamates (subject to hydrolysis) is 1. The van der Waals surface area contributed by atoms with E-state index in [1.165, 1.54) is 18.2 Å². The van der Waals surface area contributed by atoms with Crippen LogP contribution >= 0.6 is 0 Å². The molecule has 0 bridgehead atoms. The summed E-state index contributed by atoms with van der Waals surface area (Å²) >= 11 is 0. The van der Waals surface area contributed by atoms with E-state index in [2.05, 4.69) is 10.6 Å². The van der Waals surface area contributed by atoms with Crippen LogP contribution in [0, 0.1) is 0 Å². The van der Waals surface area contributed by atoms with E-state index < -0.39 is 23.2 Å². The summed E-state index contributed by atoms with van der Waals surface area (Å²) in [5.41, 5.74) is -0.474. The molecule has 0 aliphatic heterocycles. The van der Waals surface area contributed by atoms with Gasteiger partial charge in [-0.05, 0) is 38.5 Å². The van der Waals surface area contributed by atoms with E-state index in [-0.39, 0.29) is 24.4 Å². The Balaban J connectivity index is 1.97. The number of phenols is 1. The standard InChI is InChI=1S/C17H20N2O6/c1-17(2,3)25-16(23)19-9-14(21)18-8-10-6-15(22)24-13-7-11(20)4-5-12(10)13/h4-7,20H,8-9H2,1-3H3,(H,18,21)(H,19,23). The van der Waals surface area contributed by atoms with Gasteiger partial charge in [-0.3, -0.25) is 4.79 Å². The molecule has 2 aromatic rings. The average molecular weight is 348 g/mol. The van der Waals surface area contributed by atoms with Gasteiger partial charge in [0.25, 0.3) is 0 Å². The first-order valence-corrected chi connectivity index (χ1v) is 7.63. The number of ether oxygens (including phenoxy) is 1. The van der Waals surface area contributed by atoms with E-state index in [9.17, 15) is 19.5 Å². The van der Waals surface area contributed by atoms with Gasteiger partial charge < -0.3 is 24.9 Å². The number of nitrogens with one attached hydrogen (secondary N) is 2. The fraction of sp³-hybridized carbons (Fsp3) is 0.353. The second kappa shape index (κ2) is 7.25. The molecule has 1 aromatic carbocycles. The third-order valence-corrected chi connectivity index (χ3v) is 3.08. The zero-order valence-corrected chi connectivity index (χ0v) is 14.2. The molecule has 0 aliphatic carbocycles. The van der Waals surface area contributed by atoms with Crippen LogP contribution in [0.4, 0.5) is 4.79 Å². The highest BCUT2D eigenvalue weighted by Crippen LogP contribution is 2.21. The maximum Gasteiger partial charge on any atom is 0.408 e. The summed E-state index contributed by atoms with van der Waals surface area (Å²) in [6.45, 7) is 4.97. The number of hydrogen-bond acceptors (Lipinski definition) is 6. The predicted octanol–water partition coefficient (Wildman–Crippen LogP) is 1.64. The van der Waals surface area contributed by atoms with Crippen molar-refractivity contribution in [2.24, 2.45) is 0 Å². The molecular weight excluding hydrogens is 328 g/mol. The van der Waals surface area contributed by atoms with Crippen molar-refractivity contribution in [1.29, 1.82) is 0 Å². The maximum absolute atomic E-state index is 11.8. The van der Waals surface area contributed by atoms with Gasteiger partial charge >= 0.3 is 11.7 Å². The molecule has 0 fully saturated rings. The van der Waals surface area contributed by atoms with E-state index in [1.807, 2.05) is 0 Å². The minimum atomic E-state index is -0.691. The molecule has 8 heteroatoms. The highest BCUT2D eigenvalue weighted by atomic mass is 16.6. The van der Waals surface area contributed by atoms with Crippen LogP contribution in [0.15, 0.2) is 33.5 Å². The van der Waals surface area contributed by atoms with E-state index >= 15 is 0 Å². The molecule has 0 radical (unpaired) electrons. The van der Waals surface area contributed by atoms with Gasteiger partial charge in [0.15, 0.2) is 0 Å². The fourth-order valence-corrected chi connectivity index (χ4v) is 2.09. The lowest BCUT2D eigenvalue weighted by atomic mass is 10.1. The first-order chi connectivity index (χ1) is 11.6. The van der Waals surface area contributed by atoms with E-state index in [0.717, 1.165) is 0 Å². The van der Waals surface area contributed by atoms with Crippen molar-refractivity contribution in [3.05, 3.63) is 40.2 Å². The molecule has 0 atom stereocenters. The molecule has 25 heavy (non-hydrogen) atoms. The number of aromatic hydroxyl groups is 1. The van der Waals surface area contributed by atoms with Crippen LogP contribution < -0.4 is 16.3 Å². The lowest BCUT2D eigenvalue weighted by Crippen LogP contribution is -2.39. The lowest BCUT2D eigenvalue weighted by Gasteiger charge is -2.19. The van der Waals surface area contributed by atoms with E-state index in [0.29, 0.717) is 10.9 Å². The third kappa shape index (κ3) is 5.52. The van der Waals surface area contributed by atoms with Gasteiger partial charge in [-0.25, -0.2) is 9.59 Å². The van der Waals surface area contributed by atoms with Crippen molar-refractivity contribution in [3.63, 3.8) is 0 Å². The monoisotopic (exact) mass is 348 g/mol. The highest BCUT2D eigenvalue weighted by Gasteiger charge is 2.16. The van der Waals surface area contributed by atoms with Gasteiger partial charge in [-0.1, -0.05) is 0 Å². The smallest absolute Gasteiger partial charge is 0.408 e. The Kier molecular flexibility index (Phi) is 5.31. The average Bonchev–Trinajstić information content (AvgIpc) is 2.48. The SMILES string of the molecule is CC(C)(C)OC(=O)NCC(=O)NCc1cc(=O)oc2cc(O)ccc12. The normalized spacial score (nSPS) is 11.2. The second-order valence-corrected chi connectivity index (χ2v) is 6.40. The molecule has 1 aromatic heterocycles. The van der Waals surface area contributed by atoms with Gasteiger partial charge in [0.05, 0.1) is 0 Å². The molecule has 0 saturated carbocycles. The van der Waals surface area contributed by atoms with Gasteiger partial charge in [0.1, 0.15) is 23.5 Å². The number of rotatable bonds is 4. The summed E-state index contributed by atoms with van der Waals surface area (Å²) in [6.07, 6.45) is -0.691. The fourth-order valence-electron chi connectivity index (χ4n) is 2.09. The summed E-state index contributed by atoms with van der Waals surface area (Å²) in [7, 11) is 0. The van der Waals surface area contributed by atoms with Crippen LogP contribution in [0.2, 0.25) is 0 Å². The first kappa shape index (κ1) is 18.3. The van der Waals surface area contributed by atoms with Crippen molar-refractivity contribution in [2.45, 2.75) is 32.9 Å². The molecule has 2 amide bonds. The molecule has 0 spiro atoms. The summed E-state index contributed by atoms with van der Waals surface area (Å²) in [5.74, 6) is -0.468. The summed E-state index contributed by atoms with van der Waals surface area (Å²) in [4.78, 5) is 34.9. The highest BCUT2D eigenvalue weighted by molar-refractivity contribution is 5.84. The Morgan fingerprint density at radius 2 is 1.92 bits per heavy atom. The van der Waals surface area contributed by atoms with Crippen LogP contribution in [0.1, 0.15) is 26.3 Å². The van der Waals surface area contributed by atoms with Gasteiger partial charge in [-0.15, -0.1) is 0 Å². The van der Waals surface area contributed by atoms with E-state index in [4.69, 9.17) is 9.15 Å². The quantitative estimate of drug-likeness (QED) is 0.723. The van der Waals surface area contributed by atoms with Crippen LogP contribution in [0.25, 0.3) is 11.0 Å². The van der Waals surface area contributed by atoms with Gasteiger partial charge in [-0.2, -0.15) is 0 Å². The Hall–Kier alpha value is -3.03. The largest absolute Gasteiger partial charge is 0.508 e. The summed E-state index contributed by atoms with van der Waals surface area (Å²) in [6, 6.07) is 5.64. The molecule has 0 unspecified atom stereocenters. The van der Waals surface area contributed by atoms with Crippen LogP contribution in [0.3, 0.4) is 0 Å². The van der Waals surface area contributed by atoms with Crippen molar-refractivity contribution in [1.82, 2.24) is 10.6 Å². The van der Waals surface area contributed by atoms with Crippen molar-refractivity contribution < 1.29 is 23.8 Å². The molecule has 0 aliphatic rings. The number of amides is 2. The minimum absolute atomic E-state index is 0.0293. The molecule has 134 valence electrons. The predicted molar refractivity (Wildman–Crippen MR) is 90.2 cm³/mol. The first-order valence-electron chi connectivity index (χ1n) is 7.63. The number of carbonyl (C=O) groups is 2. The van der Waals surface area contributed by atoms with Gasteiger partial charge in [0.2, 0.25) is 5.91 Å². The van der Waals surface area contributed by atoms with Gasteiger partial charge in [0, 0.05) is 24.1 Å². The number of phenolic OH excluding ortho intramolecular Hbond substituents is 1. The molecule has 2 rings (SSSR count). The lowest BCUT2D eigenvalue weighted by molar-refractivity contribution is -0.120. The number of fused-ring (bicyclic) bond motifs is 1. The Morgan fingerprint density at radius 3 is 2.60 bits per heavy atom. The molecule has 3 N–H and O–H groups in total. The van der Waals surface area contributed by atoms with Crippen LogP contribution in [0.5, 0.6) is 5.75 Å². The number of carbonyl (C=O) groups excluding carboxylic acids is 2. The number of hydrogen-bond donors (Lipinski definition) is 3.